The van der Waals surface area contributed by atoms with E-state index < -0.39 is 0 Å². The van der Waals surface area contributed by atoms with E-state index in [9.17, 15) is 4.39 Å². The van der Waals surface area contributed by atoms with Crippen LogP contribution in [0.2, 0.25) is 0 Å². The Morgan fingerprint density at radius 2 is 2.05 bits per heavy atom. The minimum Gasteiger partial charge on any atom is -0.380 e. The molecule has 0 aliphatic heterocycles. The molecular formula is C16H26FN3O. The number of guanidine groups is 1. The number of halogens is 1. The minimum atomic E-state index is -0.195. The van der Waals surface area contributed by atoms with E-state index in [1.807, 2.05) is 6.07 Å². The summed E-state index contributed by atoms with van der Waals surface area (Å²) in [6.45, 7) is 5.06. The Bertz CT molecular complexity index is 424. The average Bonchev–Trinajstić information content (AvgIpc) is 2.49. The summed E-state index contributed by atoms with van der Waals surface area (Å²) in [5.41, 5.74) is 0.973. The van der Waals surface area contributed by atoms with Gasteiger partial charge in [0, 0.05) is 26.7 Å². The normalized spacial score (nSPS) is 11.5. The van der Waals surface area contributed by atoms with E-state index in [2.05, 4.69) is 22.5 Å². The van der Waals surface area contributed by atoms with Crippen LogP contribution in [0.5, 0.6) is 0 Å². The fourth-order valence-corrected chi connectivity index (χ4v) is 1.83. The average molecular weight is 295 g/mol. The first kappa shape index (κ1) is 17.4. The number of nitrogens with one attached hydrogen (secondary N) is 2. The topological polar surface area (TPSA) is 45.6 Å². The highest BCUT2D eigenvalue weighted by atomic mass is 19.1. The van der Waals surface area contributed by atoms with Crippen LogP contribution in [-0.4, -0.2) is 39.3 Å². The quantitative estimate of drug-likeness (QED) is 0.417. The van der Waals surface area contributed by atoms with Gasteiger partial charge < -0.3 is 15.4 Å². The van der Waals surface area contributed by atoms with Gasteiger partial charge in [0.25, 0.3) is 0 Å². The molecule has 118 valence electrons. The molecule has 21 heavy (non-hydrogen) atoms. The molecular weight excluding hydrogens is 269 g/mol. The maximum atomic E-state index is 13.0. The maximum Gasteiger partial charge on any atom is 0.191 e. The van der Waals surface area contributed by atoms with Crippen LogP contribution in [0.25, 0.3) is 0 Å². The highest BCUT2D eigenvalue weighted by Gasteiger charge is 1.98. The molecule has 0 fully saturated rings. The van der Waals surface area contributed by atoms with Crippen molar-refractivity contribution in [3.05, 3.63) is 35.6 Å². The van der Waals surface area contributed by atoms with Crippen molar-refractivity contribution in [2.45, 2.75) is 26.2 Å². The zero-order valence-corrected chi connectivity index (χ0v) is 13.0. The molecule has 0 aliphatic rings. The maximum absolute atomic E-state index is 13.0. The molecule has 0 saturated carbocycles. The number of aliphatic imine (C=N–C) groups is 1. The molecule has 0 spiro atoms. The van der Waals surface area contributed by atoms with E-state index in [1.54, 1.807) is 19.2 Å². The summed E-state index contributed by atoms with van der Waals surface area (Å²) < 4.78 is 18.5. The highest BCUT2D eigenvalue weighted by Crippen LogP contribution is 2.03. The number of hydrogen-bond acceptors (Lipinski definition) is 2. The van der Waals surface area contributed by atoms with E-state index in [4.69, 9.17) is 4.74 Å². The summed E-state index contributed by atoms with van der Waals surface area (Å²) in [6, 6.07) is 6.66. The highest BCUT2D eigenvalue weighted by molar-refractivity contribution is 5.79. The van der Waals surface area contributed by atoms with Gasteiger partial charge in [0.2, 0.25) is 0 Å². The van der Waals surface area contributed by atoms with Gasteiger partial charge in [-0.05, 0) is 30.5 Å². The SMILES string of the molecule is CCCCOCCNC(=NC)NCCc1cccc(F)c1. The van der Waals surface area contributed by atoms with E-state index in [1.165, 1.54) is 6.07 Å². The first-order valence-corrected chi connectivity index (χ1v) is 7.53. The first-order valence-electron chi connectivity index (χ1n) is 7.53. The van der Waals surface area contributed by atoms with E-state index in [0.717, 1.165) is 43.9 Å². The lowest BCUT2D eigenvalue weighted by Crippen LogP contribution is -2.39. The lowest BCUT2D eigenvalue weighted by atomic mass is 10.1. The fourth-order valence-electron chi connectivity index (χ4n) is 1.83. The van der Waals surface area contributed by atoms with Gasteiger partial charge >= 0.3 is 0 Å². The number of unbranched alkanes of at least 4 members (excludes halogenated alkanes) is 1. The van der Waals surface area contributed by atoms with Gasteiger partial charge in [-0.15, -0.1) is 0 Å². The van der Waals surface area contributed by atoms with Crippen molar-refractivity contribution in [3.63, 3.8) is 0 Å². The molecule has 0 unspecified atom stereocenters. The number of benzene rings is 1. The molecule has 0 aliphatic carbocycles. The van der Waals surface area contributed by atoms with Gasteiger partial charge in [-0.3, -0.25) is 4.99 Å². The van der Waals surface area contributed by atoms with Crippen LogP contribution in [0, 0.1) is 5.82 Å². The number of ether oxygens (including phenoxy) is 1. The predicted octanol–water partition coefficient (Wildman–Crippen LogP) is 2.35. The third kappa shape index (κ3) is 8.30. The molecule has 1 rings (SSSR count). The molecule has 0 atom stereocenters. The Kier molecular flexibility index (Phi) is 9.20. The fraction of sp³-hybridized carbons (Fsp3) is 0.562. The smallest absolute Gasteiger partial charge is 0.191 e. The Labute approximate surface area is 126 Å². The van der Waals surface area contributed by atoms with Crippen molar-refractivity contribution in [2.75, 3.05) is 33.4 Å². The molecule has 2 N–H and O–H groups in total. The van der Waals surface area contributed by atoms with Gasteiger partial charge in [-0.1, -0.05) is 25.5 Å². The van der Waals surface area contributed by atoms with Gasteiger partial charge in [-0.2, -0.15) is 0 Å². The van der Waals surface area contributed by atoms with Crippen molar-refractivity contribution in [1.29, 1.82) is 0 Å². The lowest BCUT2D eigenvalue weighted by Gasteiger charge is -2.12. The van der Waals surface area contributed by atoms with Crippen LogP contribution < -0.4 is 10.6 Å². The van der Waals surface area contributed by atoms with Gasteiger partial charge in [0.05, 0.1) is 6.61 Å². The largest absolute Gasteiger partial charge is 0.380 e. The summed E-state index contributed by atoms with van der Waals surface area (Å²) in [4.78, 5) is 4.14. The summed E-state index contributed by atoms with van der Waals surface area (Å²) in [5, 5.41) is 6.38. The van der Waals surface area contributed by atoms with Gasteiger partial charge in [0.15, 0.2) is 5.96 Å². The van der Waals surface area contributed by atoms with Crippen LogP contribution in [-0.2, 0) is 11.2 Å². The third-order valence-electron chi connectivity index (χ3n) is 3.00. The van der Waals surface area contributed by atoms with Crippen LogP contribution in [0.4, 0.5) is 4.39 Å². The minimum absolute atomic E-state index is 0.195. The zero-order chi connectivity index (χ0) is 15.3. The Hall–Kier alpha value is -1.62. The van der Waals surface area contributed by atoms with Crippen LogP contribution in [0.3, 0.4) is 0 Å². The van der Waals surface area contributed by atoms with E-state index in [0.29, 0.717) is 13.2 Å². The van der Waals surface area contributed by atoms with Crippen molar-refractivity contribution >= 4 is 5.96 Å². The molecule has 4 nitrogen and oxygen atoms in total. The Morgan fingerprint density at radius 3 is 2.76 bits per heavy atom. The van der Waals surface area contributed by atoms with Crippen LogP contribution >= 0.6 is 0 Å². The summed E-state index contributed by atoms with van der Waals surface area (Å²) in [7, 11) is 1.73. The second-order valence-electron chi connectivity index (χ2n) is 4.77. The Morgan fingerprint density at radius 1 is 1.24 bits per heavy atom. The molecule has 0 saturated heterocycles. The molecule has 0 bridgehead atoms. The van der Waals surface area contributed by atoms with Crippen molar-refractivity contribution in [3.8, 4) is 0 Å². The third-order valence-corrected chi connectivity index (χ3v) is 3.00. The van der Waals surface area contributed by atoms with E-state index in [-0.39, 0.29) is 5.82 Å². The molecule has 0 aromatic heterocycles. The number of hydrogen-bond donors (Lipinski definition) is 2. The molecule has 1 aromatic carbocycles. The van der Waals surface area contributed by atoms with Crippen molar-refractivity contribution in [2.24, 2.45) is 4.99 Å². The summed E-state index contributed by atoms with van der Waals surface area (Å²) in [6.07, 6.45) is 3.00. The molecule has 0 amide bonds. The monoisotopic (exact) mass is 295 g/mol. The van der Waals surface area contributed by atoms with E-state index >= 15 is 0 Å². The van der Waals surface area contributed by atoms with Gasteiger partial charge in [0.1, 0.15) is 5.82 Å². The number of rotatable bonds is 9. The number of nitrogens with zero attached hydrogens (tertiary/aromatic N) is 1. The molecule has 0 heterocycles. The standard InChI is InChI=1S/C16H26FN3O/c1-3-4-11-21-12-10-20-16(18-2)19-9-8-14-6-5-7-15(17)13-14/h5-7,13H,3-4,8-12H2,1-2H3,(H2,18,19,20). The zero-order valence-electron chi connectivity index (χ0n) is 13.0. The predicted molar refractivity (Wildman–Crippen MR) is 85.2 cm³/mol. The van der Waals surface area contributed by atoms with Crippen LogP contribution in [0.15, 0.2) is 29.3 Å². The lowest BCUT2D eigenvalue weighted by molar-refractivity contribution is 0.136. The van der Waals surface area contributed by atoms with Crippen LogP contribution in [0.1, 0.15) is 25.3 Å². The van der Waals surface area contributed by atoms with Gasteiger partial charge in [-0.25, -0.2) is 4.39 Å². The molecule has 0 radical (unpaired) electrons. The molecule has 1 aromatic rings. The molecule has 5 heteroatoms. The second-order valence-corrected chi connectivity index (χ2v) is 4.77. The summed E-state index contributed by atoms with van der Waals surface area (Å²) >= 11 is 0. The van der Waals surface area contributed by atoms with Crippen molar-refractivity contribution < 1.29 is 9.13 Å². The second kappa shape index (κ2) is 11.1. The Balaban J connectivity index is 2.14. The first-order chi connectivity index (χ1) is 10.3. The van der Waals surface area contributed by atoms with Crippen molar-refractivity contribution in [1.82, 2.24) is 10.6 Å². The summed E-state index contributed by atoms with van der Waals surface area (Å²) in [5.74, 6) is 0.546.